The van der Waals surface area contributed by atoms with Crippen molar-refractivity contribution in [1.82, 2.24) is 15.2 Å². The number of hydrogen-bond donors (Lipinski definition) is 1. The summed E-state index contributed by atoms with van der Waals surface area (Å²) in [6.07, 6.45) is 5.00. The Hall–Kier alpha value is -1.43. The van der Waals surface area contributed by atoms with Gasteiger partial charge in [-0.15, -0.1) is 11.3 Å². The van der Waals surface area contributed by atoms with Gasteiger partial charge < -0.3 is 10.2 Å². The van der Waals surface area contributed by atoms with Crippen LogP contribution in [0.3, 0.4) is 0 Å². The van der Waals surface area contributed by atoms with Gasteiger partial charge in [0.05, 0.1) is 10.7 Å². The molecular weight excluding hydrogens is 334 g/mol. The Kier molecular flexibility index (Phi) is 5.46. The van der Waals surface area contributed by atoms with E-state index in [4.69, 9.17) is 4.98 Å². The van der Waals surface area contributed by atoms with Crippen LogP contribution in [0.25, 0.3) is 0 Å². The summed E-state index contributed by atoms with van der Waals surface area (Å²) in [5.74, 6) is 1.04. The van der Waals surface area contributed by atoms with E-state index in [9.17, 15) is 9.59 Å². The zero-order valence-electron chi connectivity index (χ0n) is 15.5. The summed E-state index contributed by atoms with van der Waals surface area (Å²) in [6.45, 7) is 8.25. The predicted molar refractivity (Wildman–Crippen MR) is 99.6 cm³/mol. The van der Waals surface area contributed by atoms with Crippen LogP contribution in [0.4, 0.5) is 0 Å². The van der Waals surface area contributed by atoms with Crippen molar-refractivity contribution in [3.63, 3.8) is 0 Å². The number of likely N-dealkylation sites (tertiary alicyclic amines) is 1. The third-order valence-electron chi connectivity index (χ3n) is 4.90. The maximum absolute atomic E-state index is 12.5. The first-order valence-corrected chi connectivity index (χ1v) is 10.2. The quantitative estimate of drug-likeness (QED) is 0.875. The Labute approximate surface area is 154 Å². The third kappa shape index (κ3) is 4.81. The molecule has 1 aromatic heterocycles. The largest absolute Gasteiger partial charge is 0.355 e. The van der Waals surface area contributed by atoms with Crippen LogP contribution >= 0.6 is 11.3 Å². The fourth-order valence-electron chi connectivity index (χ4n) is 3.27. The zero-order valence-corrected chi connectivity index (χ0v) is 16.3. The van der Waals surface area contributed by atoms with E-state index in [1.54, 1.807) is 11.3 Å². The van der Waals surface area contributed by atoms with Gasteiger partial charge in [-0.25, -0.2) is 4.98 Å². The van der Waals surface area contributed by atoms with E-state index in [0.717, 1.165) is 55.9 Å². The Balaban J connectivity index is 1.52. The summed E-state index contributed by atoms with van der Waals surface area (Å²) >= 11 is 1.69. The minimum atomic E-state index is -0.324. The van der Waals surface area contributed by atoms with Crippen LogP contribution in [0.15, 0.2) is 5.38 Å². The fraction of sp³-hybridized carbons (Fsp3) is 0.737. The van der Waals surface area contributed by atoms with Crippen LogP contribution in [0, 0.1) is 11.3 Å². The highest BCUT2D eigenvalue weighted by Gasteiger charge is 2.32. The standard InChI is InChI=1S/C19H29N3O2S/c1-19(2,3)18(24)22-10-4-5-14(11-22)17-21-15(12-25-17)8-9-20-16(23)13-6-7-13/h12-14H,4-11H2,1-3H3,(H,20,23)/t14-/m0/s1. The molecule has 5 nitrogen and oxygen atoms in total. The molecule has 1 aliphatic carbocycles. The van der Waals surface area contributed by atoms with Crippen LogP contribution in [-0.2, 0) is 16.0 Å². The summed E-state index contributed by atoms with van der Waals surface area (Å²) in [5, 5.41) is 6.23. The van der Waals surface area contributed by atoms with Crippen molar-refractivity contribution in [2.24, 2.45) is 11.3 Å². The molecule has 1 saturated carbocycles. The minimum Gasteiger partial charge on any atom is -0.355 e. The third-order valence-corrected chi connectivity index (χ3v) is 5.95. The Bertz CT molecular complexity index is 631. The molecular formula is C19H29N3O2S. The molecule has 0 radical (unpaired) electrons. The number of aromatic nitrogens is 1. The molecule has 1 N–H and O–H groups in total. The lowest BCUT2D eigenvalue weighted by atomic mass is 9.91. The van der Waals surface area contributed by atoms with Gasteiger partial charge in [-0.05, 0) is 25.7 Å². The molecule has 1 aromatic rings. The summed E-state index contributed by atoms with van der Waals surface area (Å²) in [4.78, 5) is 31.0. The normalized spacial score (nSPS) is 21.2. The lowest BCUT2D eigenvalue weighted by Gasteiger charge is -2.35. The summed E-state index contributed by atoms with van der Waals surface area (Å²) < 4.78 is 0. The molecule has 1 saturated heterocycles. The van der Waals surface area contributed by atoms with Crippen molar-refractivity contribution in [1.29, 1.82) is 0 Å². The average Bonchev–Trinajstić information content (AvgIpc) is 3.32. The maximum atomic E-state index is 12.5. The highest BCUT2D eigenvalue weighted by atomic mass is 32.1. The molecule has 0 bridgehead atoms. The number of piperidine rings is 1. The number of hydrogen-bond acceptors (Lipinski definition) is 4. The monoisotopic (exact) mass is 363 g/mol. The number of amides is 2. The van der Waals surface area contributed by atoms with E-state index in [2.05, 4.69) is 10.7 Å². The lowest BCUT2D eigenvalue weighted by molar-refractivity contribution is -0.140. The number of rotatable bonds is 5. The number of nitrogens with zero attached hydrogens (tertiary/aromatic N) is 2. The molecule has 0 unspecified atom stereocenters. The second kappa shape index (κ2) is 7.44. The second-order valence-electron chi connectivity index (χ2n) is 8.33. The summed E-state index contributed by atoms with van der Waals surface area (Å²) in [6, 6.07) is 0. The molecule has 3 rings (SSSR count). The highest BCUT2D eigenvalue weighted by Crippen LogP contribution is 2.31. The lowest BCUT2D eigenvalue weighted by Crippen LogP contribution is -2.44. The first-order valence-electron chi connectivity index (χ1n) is 9.36. The van der Waals surface area contributed by atoms with Crippen molar-refractivity contribution < 1.29 is 9.59 Å². The smallest absolute Gasteiger partial charge is 0.227 e. The van der Waals surface area contributed by atoms with Gasteiger partial charge in [0, 0.05) is 48.7 Å². The van der Waals surface area contributed by atoms with Crippen LogP contribution < -0.4 is 5.32 Å². The van der Waals surface area contributed by atoms with Crippen LogP contribution in [-0.4, -0.2) is 41.3 Å². The maximum Gasteiger partial charge on any atom is 0.227 e. The molecule has 2 amide bonds. The summed E-state index contributed by atoms with van der Waals surface area (Å²) in [7, 11) is 0. The van der Waals surface area contributed by atoms with E-state index in [1.165, 1.54) is 0 Å². The molecule has 2 fully saturated rings. The second-order valence-corrected chi connectivity index (χ2v) is 9.22. The Morgan fingerprint density at radius 3 is 2.76 bits per heavy atom. The minimum absolute atomic E-state index is 0.194. The van der Waals surface area contributed by atoms with Crippen molar-refractivity contribution in [3.8, 4) is 0 Å². The van der Waals surface area contributed by atoms with E-state index < -0.39 is 0 Å². The average molecular weight is 364 g/mol. The van der Waals surface area contributed by atoms with Crippen molar-refractivity contribution in [2.45, 2.75) is 58.8 Å². The van der Waals surface area contributed by atoms with Gasteiger partial charge >= 0.3 is 0 Å². The number of thiazole rings is 1. The van der Waals surface area contributed by atoms with Crippen molar-refractivity contribution in [2.75, 3.05) is 19.6 Å². The van der Waals surface area contributed by atoms with Gasteiger partial charge in [0.15, 0.2) is 0 Å². The van der Waals surface area contributed by atoms with Gasteiger partial charge in [0.25, 0.3) is 0 Å². The first kappa shape index (κ1) is 18.4. The van der Waals surface area contributed by atoms with Gasteiger partial charge in [-0.3, -0.25) is 9.59 Å². The number of carbonyl (C=O) groups is 2. The molecule has 2 heterocycles. The van der Waals surface area contributed by atoms with Gasteiger partial charge in [0.1, 0.15) is 0 Å². The Morgan fingerprint density at radius 2 is 2.08 bits per heavy atom. The van der Waals surface area contributed by atoms with Gasteiger partial charge in [0.2, 0.25) is 11.8 Å². The highest BCUT2D eigenvalue weighted by molar-refractivity contribution is 7.09. The van der Waals surface area contributed by atoms with Crippen LogP contribution in [0.2, 0.25) is 0 Å². The molecule has 25 heavy (non-hydrogen) atoms. The SMILES string of the molecule is CC(C)(C)C(=O)N1CCC[C@H](c2nc(CCNC(=O)C3CC3)cs2)C1. The van der Waals surface area contributed by atoms with Crippen molar-refractivity contribution >= 4 is 23.2 Å². The fourth-order valence-corrected chi connectivity index (χ4v) is 4.25. The topological polar surface area (TPSA) is 62.3 Å². The van der Waals surface area contributed by atoms with E-state index in [-0.39, 0.29) is 23.1 Å². The van der Waals surface area contributed by atoms with Gasteiger partial charge in [-0.2, -0.15) is 0 Å². The molecule has 1 aliphatic heterocycles. The van der Waals surface area contributed by atoms with E-state index in [0.29, 0.717) is 12.5 Å². The molecule has 2 aliphatic rings. The number of nitrogens with one attached hydrogen (secondary N) is 1. The molecule has 0 spiro atoms. The molecule has 1 atom stereocenters. The van der Waals surface area contributed by atoms with Crippen LogP contribution in [0.1, 0.15) is 63.1 Å². The van der Waals surface area contributed by atoms with Gasteiger partial charge in [-0.1, -0.05) is 20.8 Å². The molecule has 138 valence electrons. The zero-order chi connectivity index (χ0) is 18.0. The van der Waals surface area contributed by atoms with Crippen molar-refractivity contribution in [3.05, 3.63) is 16.1 Å². The first-order chi connectivity index (χ1) is 11.8. The predicted octanol–water partition coefficient (Wildman–Crippen LogP) is 2.96. The number of carbonyl (C=O) groups excluding carboxylic acids is 2. The van der Waals surface area contributed by atoms with Crippen LogP contribution in [0.5, 0.6) is 0 Å². The van der Waals surface area contributed by atoms with E-state index in [1.807, 2.05) is 25.7 Å². The Morgan fingerprint density at radius 1 is 1.32 bits per heavy atom. The molecule has 6 heteroatoms. The van der Waals surface area contributed by atoms with E-state index >= 15 is 0 Å². The summed E-state index contributed by atoms with van der Waals surface area (Å²) in [5.41, 5.74) is 0.728. The molecule has 0 aromatic carbocycles.